The van der Waals surface area contributed by atoms with E-state index in [0.29, 0.717) is 5.75 Å². The lowest BCUT2D eigenvalue weighted by atomic mass is 10.1. The van der Waals surface area contributed by atoms with Crippen LogP contribution in [0.25, 0.3) is 0 Å². The van der Waals surface area contributed by atoms with E-state index in [1.54, 1.807) is 6.07 Å². The molecule has 0 unspecified atom stereocenters. The van der Waals surface area contributed by atoms with Gasteiger partial charge < -0.3 is 14.2 Å². The summed E-state index contributed by atoms with van der Waals surface area (Å²) in [6.45, 7) is 0.0851. The maximum Gasteiger partial charge on any atom is 0.347 e. The molecule has 1 aliphatic heterocycles. The molecule has 0 spiro atoms. The van der Waals surface area contributed by atoms with Crippen molar-refractivity contribution in [1.82, 2.24) is 0 Å². The normalized spacial score (nSPS) is 13.7. The average molecular weight is 208 g/mol. The largest absolute Gasteiger partial charge is 0.468 e. The van der Waals surface area contributed by atoms with Crippen LogP contribution in [0.2, 0.25) is 0 Å². The smallest absolute Gasteiger partial charge is 0.347 e. The number of carbonyl (C=O) groups is 2. The van der Waals surface area contributed by atoms with E-state index in [0.717, 1.165) is 0 Å². The van der Waals surface area contributed by atoms with E-state index >= 15 is 0 Å². The molecule has 2 rings (SSSR count). The van der Waals surface area contributed by atoms with Gasteiger partial charge in [-0.15, -0.1) is 0 Å². The van der Waals surface area contributed by atoms with Gasteiger partial charge in [-0.05, 0) is 18.2 Å². The van der Waals surface area contributed by atoms with Crippen molar-refractivity contribution in [3.05, 3.63) is 29.3 Å². The first-order chi connectivity index (χ1) is 7.22. The van der Waals surface area contributed by atoms with Crippen LogP contribution >= 0.6 is 0 Å². The second-order valence-electron chi connectivity index (χ2n) is 2.94. The van der Waals surface area contributed by atoms with Crippen molar-refractivity contribution in [1.29, 1.82) is 0 Å². The fourth-order valence-corrected chi connectivity index (χ4v) is 1.28. The lowest BCUT2D eigenvalue weighted by Gasteiger charge is -2.04. The molecule has 0 N–H and O–H groups in total. The number of carbonyl (C=O) groups excluding carboxylic acids is 2. The zero-order valence-corrected chi connectivity index (χ0v) is 7.98. The maximum absolute atomic E-state index is 11.2. The molecule has 0 amide bonds. The number of ether oxygens (including phenoxy) is 3. The highest BCUT2D eigenvalue weighted by Gasteiger charge is 2.29. The van der Waals surface area contributed by atoms with Gasteiger partial charge in [-0.2, -0.15) is 0 Å². The van der Waals surface area contributed by atoms with E-state index in [-0.39, 0.29) is 17.9 Å². The third-order valence-corrected chi connectivity index (χ3v) is 1.96. The molecule has 1 heterocycles. The van der Waals surface area contributed by atoms with Gasteiger partial charge in [0.25, 0.3) is 0 Å². The molecule has 0 atom stereocenters. The molecule has 1 aromatic carbocycles. The first kappa shape index (κ1) is 9.67. The fourth-order valence-electron chi connectivity index (χ4n) is 1.28. The quantitative estimate of drug-likeness (QED) is 0.421. The highest BCUT2D eigenvalue weighted by atomic mass is 16.7. The van der Waals surface area contributed by atoms with Gasteiger partial charge in [-0.1, -0.05) is 0 Å². The third-order valence-electron chi connectivity index (χ3n) is 1.96. The van der Waals surface area contributed by atoms with Crippen LogP contribution in [0.1, 0.15) is 20.7 Å². The van der Waals surface area contributed by atoms with Gasteiger partial charge in [0.05, 0.1) is 11.1 Å². The van der Waals surface area contributed by atoms with Crippen LogP contribution in [0.5, 0.6) is 5.75 Å². The topological polar surface area (TPSA) is 61.8 Å². The monoisotopic (exact) mass is 208 g/mol. The van der Waals surface area contributed by atoms with E-state index < -0.39 is 11.9 Å². The van der Waals surface area contributed by atoms with E-state index in [4.69, 9.17) is 9.47 Å². The molecule has 5 nitrogen and oxygen atoms in total. The Balaban J connectivity index is 2.30. The van der Waals surface area contributed by atoms with Gasteiger partial charge in [0.2, 0.25) is 0 Å². The first-order valence-corrected chi connectivity index (χ1v) is 4.24. The molecular formula is C10H8O5. The summed E-state index contributed by atoms with van der Waals surface area (Å²) < 4.78 is 14.3. The lowest BCUT2D eigenvalue weighted by molar-refractivity contribution is 0.0440. The Morgan fingerprint density at radius 2 is 1.93 bits per heavy atom. The van der Waals surface area contributed by atoms with E-state index in [9.17, 15) is 9.59 Å². The summed E-state index contributed by atoms with van der Waals surface area (Å²) in [6, 6.07) is 4.53. The van der Waals surface area contributed by atoms with Gasteiger partial charge in [-0.3, -0.25) is 0 Å². The number of esters is 2. The molecule has 0 aliphatic carbocycles. The lowest BCUT2D eigenvalue weighted by Crippen LogP contribution is -2.00. The van der Waals surface area contributed by atoms with Crippen LogP contribution in [-0.2, 0) is 9.47 Å². The first-order valence-electron chi connectivity index (χ1n) is 4.24. The molecule has 0 saturated carbocycles. The van der Waals surface area contributed by atoms with Crippen LogP contribution in [0.15, 0.2) is 18.2 Å². The predicted octanol–water partition coefficient (Wildman–Crippen LogP) is 0.980. The second-order valence-corrected chi connectivity index (χ2v) is 2.94. The Hall–Kier alpha value is -1.88. The molecular weight excluding hydrogens is 200 g/mol. The fraction of sp³-hybridized carbons (Fsp3) is 0.200. The zero-order chi connectivity index (χ0) is 10.8. The Labute approximate surface area is 85.5 Å². The number of hydrogen-bond acceptors (Lipinski definition) is 5. The maximum atomic E-state index is 11.2. The predicted molar refractivity (Wildman–Crippen MR) is 48.7 cm³/mol. The highest BCUT2D eigenvalue weighted by molar-refractivity contribution is 6.14. The number of cyclic esters (lactones) is 2. The van der Waals surface area contributed by atoms with E-state index in [1.165, 1.54) is 19.2 Å². The van der Waals surface area contributed by atoms with E-state index in [1.807, 2.05) is 0 Å². The molecule has 0 saturated heterocycles. The second kappa shape index (κ2) is 3.70. The molecule has 0 bridgehead atoms. The highest BCUT2D eigenvalue weighted by Crippen LogP contribution is 2.24. The van der Waals surface area contributed by atoms with Crippen molar-refractivity contribution < 1.29 is 23.8 Å². The number of benzene rings is 1. The molecule has 0 aromatic heterocycles. The van der Waals surface area contributed by atoms with E-state index in [2.05, 4.69) is 4.74 Å². The molecule has 5 heteroatoms. The molecule has 0 fully saturated rings. The van der Waals surface area contributed by atoms with Crippen molar-refractivity contribution in [3.63, 3.8) is 0 Å². The molecule has 78 valence electrons. The SMILES string of the molecule is COCOc1ccc2c(c1)C(=O)OC2=O. The summed E-state index contributed by atoms with van der Waals surface area (Å²) in [7, 11) is 1.49. The number of methoxy groups -OCH3 is 1. The van der Waals surface area contributed by atoms with Gasteiger partial charge in [0.1, 0.15) is 5.75 Å². The minimum atomic E-state index is -0.641. The number of rotatable bonds is 3. The van der Waals surface area contributed by atoms with Crippen LogP contribution in [-0.4, -0.2) is 25.8 Å². The van der Waals surface area contributed by atoms with Gasteiger partial charge in [-0.25, -0.2) is 9.59 Å². The minimum absolute atomic E-state index is 0.0851. The third kappa shape index (κ3) is 1.69. The van der Waals surface area contributed by atoms with Gasteiger partial charge >= 0.3 is 11.9 Å². The number of hydrogen-bond donors (Lipinski definition) is 0. The van der Waals surface area contributed by atoms with Crippen LogP contribution < -0.4 is 4.74 Å². The van der Waals surface area contributed by atoms with Gasteiger partial charge in [0, 0.05) is 7.11 Å². The summed E-state index contributed by atoms with van der Waals surface area (Å²) in [4.78, 5) is 22.3. The molecule has 1 aliphatic rings. The molecule has 15 heavy (non-hydrogen) atoms. The van der Waals surface area contributed by atoms with Crippen LogP contribution in [0.3, 0.4) is 0 Å². The van der Waals surface area contributed by atoms with Crippen molar-refractivity contribution >= 4 is 11.9 Å². The minimum Gasteiger partial charge on any atom is -0.468 e. The zero-order valence-electron chi connectivity index (χ0n) is 7.98. The summed E-state index contributed by atoms with van der Waals surface area (Å²) in [5.41, 5.74) is 0.498. The van der Waals surface area contributed by atoms with Crippen molar-refractivity contribution in [3.8, 4) is 5.75 Å². The van der Waals surface area contributed by atoms with Crippen molar-refractivity contribution in [2.24, 2.45) is 0 Å². The Bertz CT molecular complexity index is 424. The Morgan fingerprint density at radius 3 is 2.67 bits per heavy atom. The molecule has 0 radical (unpaired) electrons. The Kier molecular flexibility index (Phi) is 2.39. The van der Waals surface area contributed by atoms with Crippen LogP contribution in [0.4, 0.5) is 0 Å². The van der Waals surface area contributed by atoms with Crippen molar-refractivity contribution in [2.45, 2.75) is 0 Å². The van der Waals surface area contributed by atoms with Crippen LogP contribution in [0, 0.1) is 0 Å². The summed E-state index contributed by atoms with van der Waals surface area (Å²) >= 11 is 0. The number of fused-ring (bicyclic) bond motifs is 1. The standard InChI is InChI=1S/C10H8O5/c1-13-5-14-6-2-3-7-8(4-6)10(12)15-9(7)11/h2-4H,5H2,1H3. The summed E-state index contributed by atoms with van der Waals surface area (Å²) in [5.74, 6) is -0.798. The summed E-state index contributed by atoms with van der Waals surface area (Å²) in [6.07, 6.45) is 0. The van der Waals surface area contributed by atoms with Crippen molar-refractivity contribution in [2.75, 3.05) is 13.9 Å². The average Bonchev–Trinajstić information content (AvgIpc) is 2.52. The summed E-state index contributed by atoms with van der Waals surface area (Å²) in [5, 5.41) is 0. The Morgan fingerprint density at radius 1 is 1.20 bits per heavy atom. The van der Waals surface area contributed by atoms with Gasteiger partial charge in [0.15, 0.2) is 6.79 Å². The molecule has 1 aromatic rings.